The number of nitrogens with zero attached hydrogens (tertiary/aromatic N) is 3. The van der Waals surface area contributed by atoms with Gasteiger partial charge in [-0.3, -0.25) is 0 Å². The Hall–Kier alpha value is -3.45. The van der Waals surface area contributed by atoms with E-state index in [1.165, 1.54) is 4.68 Å². The number of pyridine rings is 1. The molecule has 0 spiro atoms. The molecule has 0 aliphatic rings. The third kappa shape index (κ3) is 3.69. The highest BCUT2D eigenvalue weighted by atomic mass is 79.9. The van der Waals surface area contributed by atoms with Crippen molar-refractivity contribution in [2.75, 3.05) is 0 Å². The van der Waals surface area contributed by atoms with Crippen LogP contribution < -0.4 is 0 Å². The first-order valence-corrected chi connectivity index (χ1v) is 10.6. The molecule has 0 bridgehead atoms. The van der Waals surface area contributed by atoms with Gasteiger partial charge in [0.1, 0.15) is 5.69 Å². The summed E-state index contributed by atoms with van der Waals surface area (Å²) in [6, 6.07) is 26.1. The number of benzene rings is 3. The number of aromatic nitrogens is 3. The van der Waals surface area contributed by atoms with Crippen molar-refractivity contribution in [3.05, 3.63) is 101 Å². The van der Waals surface area contributed by atoms with Crippen molar-refractivity contribution in [2.45, 2.75) is 6.18 Å². The minimum Gasteiger partial charge on any atom is -0.228 e. The van der Waals surface area contributed by atoms with Crippen LogP contribution in [0.3, 0.4) is 0 Å². The minimum absolute atomic E-state index is 0.0219. The van der Waals surface area contributed by atoms with Crippen molar-refractivity contribution in [1.82, 2.24) is 14.8 Å². The van der Waals surface area contributed by atoms with Crippen LogP contribution in [0.5, 0.6) is 0 Å². The van der Waals surface area contributed by atoms with Crippen LogP contribution in [0.15, 0.2) is 95.5 Å². The van der Waals surface area contributed by atoms with Gasteiger partial charge in [0.15, 0.2) is 5.65 Å². The quantitative estimate of drug-likeness (QED) is 0.260. The Kier molecular flexibility index (Phi) is 5.06. The average molecular weight is 494 g/mol. The monoisotopic (exact) mass is 493 g/mol. The zero-order valence-electron chi connectivity index (χ0n) is 16.5. The van der Waals surface area contributed by atoms with Crippen LogP contribution in [-0.2, 0) is 6.18 Å². The molecule has 0 amide bonds. The van der Waals surface area contributed by atoms with Crippen molar-refractivity contribution in [3.63, 3.8) is 0 Å². The Morgan fingerprint density at radius 1 is 0.750 bits per heavy atom. The molecule has 0 saturated carbocycles. The Labute approximate surface area is 190 Å². The fraction of sp³-hybridized carbons (Fsp3) is 0.0400. The molecule has 0 aliphatic carbocycles. The number of fused-ring (bicyclic) bond motifs is 1. The first-order chi connectivity index (χ1) is 15.4. The normalized spacial score (nSPS) is 11.8. The highest BCUT2D eigenvalue weighted by Crippen LogP contribution is 2.41. The minimum atomic E-state index is -4.59. The van der Waals surface area contributed by atoms with Gasteiger partial charge in [-0.1, -0.05) is 76.6 Å². The van der Waals surface area contributed by atoms with Crippen molar-refractivity contribution in [1.29, 1.82) is 0 Å². The SMILES string of the molecule is FC(F)(F)c1cc(-c2cccc(Br)c2)nc2c1c(-c1ccccc1)nn2-c1ccccc1. The smallest absolute Gasteiger partial charge is 0.228 e. The molecular formula is C25H15BrF3N3. The molecule has 0 N–H and O–H groups in total. The summed E-state index contributed by atoms with van der Waals surface area (Å²) in [7, 11) is 0. The van der Waals surface area contributed by atoms with E-state index in [9.17, 15) is 13.2 Å². The summed E-state index contributed by atoms with van der Waals surface area (Å²) in [5.74, 6) is 0. The van der Waals surface area contributed by atoms with E-state index in [1.807, 2.05) is 30.3 Å². The summed E-state index contributed by atoms with van der Waals surface area (Å²) in [4.78, 5) is 4.66. The van der Waals surface area contributed by atoms with Crippen LogP contribution in [0.2, 0.25) is 0 Å². The van der Waals surface area contributed by atoms with E-state index in [-0.39, 0.29) is 22.4 Å². The van der Waals surface area contributed by atoms with E-state index in [2.05, 4.69) is 26.0 Å². The number of hydrogen-bond acceptors (Lipinski definition) is 2. The Morgan fingerprint density at radius 2 is 1.41 bits per heavy atom. The molecule has 0 aliphatic heterocycles. The fourth-order valence-corrected chi connectivity index (χ4v) is 4.08. The molecule has 2 heterocycles. The number of para-hydroxylation sites is 1. The van der Waals surface area contributed by atoms with E-state index in [0.29, 0.717) is 16.8 Å². The lowest BCUT2D eigenvalue weighted by Gasteiger charge is -2.12. The van der Waals surface area contributed by atoms with Gasteiger partial charge in [-0.15, -0.1) is 0 Å². The summed E-state index contributed by atoms with van der Waals surface area (Å²) in [6.45, 7) is 0. The molecule has 32 heavy (non-hydrogen) atoms. The van der Waals surface area contributed by atoms with Crippen LogP contribution in [0.25, 0.3) is 39.2 Å². The second kappa shape index (κ2) is 7.91. The fourth-order valence-electron chi connectivity index (χ4n) is 3.68. The lowest BCUT2D eigenvalue weighted by molar-refractivity contribution is -0.136. The number of halogens is 4. The largest absolute Gasteiger partial charge is 0.417 e. The Balaban J connectivity index is 1.91. The van der Waals surface area contributed by atoms with Gasteiger partial charge in [0.25, 0.3) is 0 Å². The molecule has 2 aromatic heterocycles. The molecule has 0 fully saturated rings. The van der Waals surface area contributed by atoms with Crippen LogP contribution in [0.1, 0.15) is 5.56 Å². The van der Waals surface area contributed by atoms with Gasteiger partial charge in [0.2, 0.25) is 0 Å². The topological polar surface area (TPSA) is 30.7 Å². The molecule has 0 unspecified atom stereocenters. The zero-order chi connectivity index (χ0) is 22.3. The third-order valence-electron chi connectivity index (χ3n) is 5.11. The van der Waals surface area contributed by atoms with Crippen molar-refractivity contribution >= 4 is 27.0 Å². The van der Waals surface area contributed by atoms with Gasteiger partial charge in [0, 0.05) is 15.6 Å². The molecule has 5 rings (SSSR count). The molecule has 0 atom stereocenters. The van der Waals surface area contributed by atoms with Gasteiger partial charge in [-0.05, 0) is 30.3 Å². The predicted octanol–water partition coefficient (Wildman–Crippen LogP) is 7.54. The second-order valence-electron chi connectivity index (χ2n) is 7.22. The Morgan fingerprint density at radius 3 is 2.06 bits per heavy atom. The second-order valence-corrected chi connectivity index (χ2v) is 8.14. The van der Waals surface area contributed by atoms with E-state index in [1.54, 1.807) is 54.6 Å². The predicted molar refractivity (Wildman–Crippen MR) is 122 cm³/mol. The highest BCUT2D eigenvalue weighted by Gasteiger charge is 2.36. The standard InChI is InChI=1S/C25H15BrF3N3/c26-18-11-7-10-17(14-18)21-15-20(25(27,28)29)22-23(16-8-3-1-4-9-16)31-32(24(22)30-21)19-12-5-2-6-13-19/h1-15H. The number of hydrogen-bond donors (Lipinski definition) is 0. The molecule has 158 valence electrons. The van der Waals surface area contributed by atoms with Crippen LogP contribution in [0.4, 0.5) is 13.2 Å². The first kappa shape index (κ1) is 20.5. The van der Waals surface area contributed by atoms with Crippen LogP contribution in [0, 0.1) is 0 Å². The van der Waals surface area contributed by atoms with E-state index in [4.69, 9.17) is 0 Å². The molecule has 7 heteroatoms. The zero-order valence-corrected chi connectivity index (χ0v) is 18.1. The van der Waals surface area contributed by atoms with Crippen molar-refractivity contribution in [3.8, 4) is 28.2 Å². The maximum absolute atomic E-state index is 14.3. The molecule has 0 saturated heterocycles. The number of alkyl halides is 3. The van der Waals surface area contributed by atoms with E-state index >= 15 is 0 Å². The average Bonchev–Trinajstić information content (AvgIpc) is 3.18. The third-order valence-corrected chi connectivity index (χ3v) is 5.60. The lowest BCUT2D eigenvalue weighted by Crippen LogP contribution is -2.08. The summed E-state index contributed by atoms with van der Waals surface area (Å²) >= 11 is 3.39. The first-order valence-electron chi connectivity index (χ1n) is 9.79. The molecule has 3 nitrogen and oxygen atoms in total. The maximum Gasteiger partial charge on any atom is 0.417 e. The van der Waals surface area contributed by atoms with Crippen LogP contribution >= 0.6 is 15.9 Å². The van der Waals surface area contributed by atoms with E-state index < -0.39 is 11.7 Å². The van der Waals surface area contributed by atoms with E-state index in [0.717, 1.165) is 10.5 Å². The summed E-state index contributed by atoms with van der Waals surface area (Å²) < 4.78 is 45.2. The van der Waals surface area contributed by atoms with Gasteiger partial charge in [-0.2, -0.15) is 18.3 Å². The Bertz CT molecular complexity index is 1410. The summed E-state index contributed by atoms with van der Waals surface area (Å²) in [6.07, 6.45) is -4.59. The van der Waals surface area contributed by atoms with Gasteiger partial charge in [0.05, 0.1) is 22.3 Å². The van der Waals surface area contributed by atoms with Gasteiger partial charge in [-0.25, -0.2) is 9.67 Å². The maximum atomic E-state index is 14.3. The molecule has 5 aromatic rings. The lowest BCUT2D eigenvalue weighted by atomic mass is 10.0. The van der Waals surface area contributed by atoms with Crippen LogP contribution in [-0.4, -0.2) is 14.8 Å². The van der Waals surface area contributed by atoms with Gasteiger partial charge >= 0.3 is 6.18 Å². The molecular weight excluding hydrogens is 479 g/mol. The van der Waals surface area contributed by atoms with Crippen molar-refractivity contribution in [2.24, 2.45) is 0 Å². The highest BCUT2D eigenvalue weighted by molar-refractivity contribution is 9.10. The van der Waals surface area contributed by atoms with Gasteiger partial charge < -0.3 is 0 Å². The summed E-state index contributed by atoms with van der Waals surface area (Å²) in [5.41, 5.74) is 1.65. The molecule has 3 aromatic carbocycles. The molecule has 0 radical (unpaired) electrons. The van der Waals surface area contributed by atoms with Crippen molar-refractivity contribution < 1.29 is 13.2 Å². The summed E-state index contributed by atoms with van der Waals surface area (Å²) in [5, 5.41) is 4.58. The number of rotatable bonds is 3.